The number of likely N-dealkylation sites (tertiary alicyclic amines) is 1. The minimum absolute atomic E-state index is 0.109. The minimum Gasteiger partial charge on any atom is -0.465 e. The van der Waals surface area contributed by atoms with Crippen LogP contribution >= 0.6 is 0 Å². The lowest BCUT2D eigenvalue weighted by Gasteiger charge is -2.20. The van der Waals surface area contributed by atoms with E-state index in [1.165, 1.54) is 26.0 Å². The van der Waals surface area contributed by atoms with Crippen molar-refractivity contribution in [2.75, 3.05) is 47.3 Å². The first-order valence-corrected chi connectivity index (χ1v) is 7.52. The Hall–Kier alpha value is -0.900. The molecular weight excluding hydrogens is 272 g/mol. The van der Waals surface area contributed by atoms with Crippen LogP contribution in [0.25, 0.3) is 0 Å². The maximum atomic E-state index is 11.7. The molecule has 1 saturated heterocycles. The van der Waals surface area contributed by atoms with Gasteiger partial charge < -0.3 is 10.0 Å². The molecule has 1 aliphatic heterocycles. The molecule has 8 nitrogen and oxygen atoms in total. The van der Waals surface area contributed by atoms with Gasteiger partial charge in [0.2, 0.25) is 0 Å². The van der Waals surface area contributed by atoms with Crippen LogP contribution in [0.3, 0.4) is 0 Å². The number of likely N-dealkylation sites (N-methyl/N-ethyl adjacent to an activating group) is 1. The lowest BCUT2D eigenvalue weighted by Crippen LogP contribution is -2.43. The topological polar surface area (TPSA) is 93.2 Å². The molecule has 1 amide bonds. The number of nitrogens with zero attached hydrogens (tertiary/aromatic N) is 3. The van der Waals surface area contributed by atoms with Gasteiger partial charge in [-0.25, -0.2) is 4.79 Å². The molecule has 1 heterocycles. The molecule has 0 unspecified atom stereocenters. The Morgan fingerprint density at radius 2 is 2.05 bits per heavy atom. The highest BCUT2D eigenvalue weighted by Gasteiger charge is 2.27. The van der Waals surface area contributed by atoms with Crippen molar-refractivity contribution < 1.29 is 18.3 Å². The zero-order chi connectivity index (χ0) is 14.6. The monoisotopic (exact) mass is 294 g/mol. The molecule has 0 aromatic heterocycles. The average molecular weight is 294 g/mol. The fourth-order valence-corrected chi connectivity index (χ4v) is 2.66. The standard InChI is InChI=1S/C10H22N4O4S/c1-12(2)19(17,18)11-9-4-5-14(8-9)7-6-13(3)10(15)16/h9,11H,4-8H2,1-3H3,(H,15,16)/t9-/m1/s1. The highest BCUT2D eigenvalue weighted by Crippen LogP contribution is 2.10. The van der Waals surface area contributed by atoms with Gasteiger partial charge in [0.1, 0.15) is 0 Å². The minimum atomic E-state index is -3.40. The molecule has 1 aliphatic rings. The SMILES string of the molecule is CN(CCN1CC[C@@H](NS(=O)(=O)N(C)C)C1)C(=O)O. The van der Waals surface area contributed by atoms with E-state index in [0.29, 0.717) is 19.6 Å². The largest absolute Gasteiger partial charge is 0.465 e. The summed E-state index contributed by atoms with van der Waals surface area (Å²) >= 11 is 0. The Morgan fingerprint density at radius 3 is 2.58 bits per heavy atom. The van der Waals surface area contributed by atoms with Crippen molar-refractivity contribution in [1.29, 1.82) is 0 Å². The Balaban J connectivity index is 2.36. The van der Waals surface area contributed by atoms with E-state index in [1.54, 1.807) is 0 Å². The summed E-state index contributed by atoms with van der Waals surface area (Å²) < 4.78 is 27.1. The first kappa shape index (κ1) is 16.2. The van der Waals surface area contributed by atoms with Gasteiger partial charge in [0, 0.05) is 46.8 Å². The summed E-state index contributed by atoms with van der Waals surface area (Å²) in [5.74, 6) is 0. The van der Waals surface area contributed by atoms with Gasteiger partial charge in [0.05, 0.1) is 0 Å². The van der Waals surface area contributed by atoms with Gasteiger partial charge in [0.15, 0.2) is 0 Å². The van der Waals surface area contributed by atoms with Gasteiger partial charge in [-0.2, -0.15) is 17.4 Å². The van der Waals surface area contributed by atoms with Gasteiger partial charge >= 0.3 is 6.09 Å². The molecule has 0 aromatic carbocycles. The van der Waals surface area contributed by atoms with Crippen LogP contribution in [0.15, 0.2) is 0 Å². The second-order valence-electron chi connectivity index (χ2n) is 4.90. The number of hydrogen-bond acceptors (Lipinski definition) is 4. The third-order valence-electron chi connectivity index (χ3n) is 3.15. The van der Waals surface area contributed by atoms with Crippen molar-refractivity contribution in [2.45, 2.75) is 12.5 Å². The molecule has 112 valence electrons. The maximum Gasteiger partial charge on any atom is 0.407 e. The fraction of sp³-hybridized carbons (Fsp3) is 0.900. The second-order valence-corrected chi connectivity index (χ2v) is 6.81. The summed E-state index contributed by atoms with van der Waals surface area (Å²) in [5, 5.41) is 8.73. The van der Waals surface area contributed by atoms with Crippen molar-refractivity contribution in [3.63, 3.8) is 0 Å². The molecule has 0 bridgehead atoms. The number of carbonyl (C=O) groups is 1. The van der Waals surface area contributed by atoms with Crippen molar-refractivity contribution in [3.05, 3.63) is 0 Å². The zero-order valence-electron chi connectivity index (χ0n) is 11.5. The first-order valence-electron chi connectivity index (χ1n) is 6.08. The highest BCUT2D eigenvalue weighted by atomic mass is 32.2. The lowest BCUT2D eigenvalue weighted by atomic mass is 10.3. The van der Waals surface area contributed by atoms with Crippen molar-refractivity contribution in [2.24, 2.45) is 0 Å². The summed E-state index contributed by atoms with van der Waals surface area (Å²) in [6.07, 6.45) is -0.215. The van der Waals surface area contributed by atoms with E-state index in [2.05, 4.69) is 9.62 Å². The van der Waals surface area contributed by atoms with Crippen LogP contribution in [-0.2, 0) is 10.2 Å². The van der Waals surface area contributed by atoms with E-state index < -0.39 is 16.3 Å². The van der Waals surface area contributed by atoms with Crippen molar-refractivity contribution in [3.8, 4) is 0 Å². The lowest BCUT2D eigenvalue weighted by molar-refractivity contribution is 0.150. The summed E-state index contributed by atoms with van der Waals surface area (Å²) in [4.78, 5) is 13.9. The molecule has 0 saturated carbocycles. The summed E-state index contributed by atoms with van der Waals surface area (Å²) in [5.41, 5.74) is 0. The smallest absolute Gasteiger partial charge is 0.407 e. The van der Waals surface area contributed by atoms with Gasteiger partial charge in [-0.15, -0.1) is 0 Å². The summed E-state index contributed by atoms with van der Waals surface area (Å²) in [6.45, 7) is 2.42. The Bertz CT molecular complexity index is 412. The number of carboxylic acid groups (broad SMARTS) is 1. The number of rotatable bonds is 6. The third kappa shape index (κ3) is 4.94. The highest BCUT2D eigenvalue weighted by molar-refractivity contribution is 7.87. The fourth-order valence-electron chi connectivity index (χ4n) is 1.84. The first-order chi connectivity index (χ1) is 8.72. The third-order valence-corrected chi connectivity index (χ3v) is 4.74. The van der Waals surface area contributed by atoms with Crippen LogP contribution in [0.5, 0.6) is 0 Å². The molecule has 19 heavy (non-hydrogen) atoms. The van der Waals surface area contributed by atoms with Crippen LogP contribution in [0.1, 0.15) is 6.42 Å². The van der Waals surface area contributed by atoms with Gasteiger partial charge in [0.25, 0.3) is 10.2 Å². The van der Waals surface area contributed by atoms with Crippen LogP contribution in [0, 0.1) is 0 Å². The molecule has 0 spiro atoms. The van der Waals surface area contributed by atoms with Gasteiger partial charge in [-0.3, -0.25) is 4.90 Å². The molecule has 0 aliphatic carbocycles. The Labute approximate surface area is 114 Å². The Morgan fingerprint density at radius 1 is 1.42 bits per heavy atom. The van der Waals surface area contributed by atoms with Crippen LogP contribution < -0.4 is 4.72 Å². The van der Waals surface area contributed by atoms with E-state index in [9.17, 15) is 13.2 Å². The number of nitrogens with one attached hydrogen (secondary N) is 1. The predicted octanol–water partition coefficient (Wildman–Crippen LogP) is -0.933. The average Bonchev–Trinajstić information content (AvgIpc) is 2.72. The zero-order valence-corrected chi connectivity index (χ0v) is 12.4. The van der Waals surface area contributed by atoms with E-state index >= 15 is 0 Å². The number of amides is 1. The van der Waals surface area contributed by atoms with Crippen LogP contribution in [-0.4, -0.2) is 87.1 Å². The molecule has 1 atom stereocenters. The van der Waals surface area contributed by atoms with E-state index in [0.717, 1.165) is 17.3 Å². The van der Waals surface area contributed by atoms with Gasteiger partial charge in [-0.05, 0) is 13.0 Å². The molecular formula is C10H22N4O4S. The van der Waals surface area contributed by atoms with E-state index in [1.807, 2.05) is 0 Å². The molecule has 1 rings (SSSR count). The molecule has 0 radical (unpaired) electrons. The van der Waals surface area contributed by atoms with Crippen LogP contribution in [0.4, 0.5) is 4.79 Å². The van der Waals surface area contributed by atoms with Crippen LogP contribution in [0.2, 0.25) is 0 Å². The Kier molecular flexibility index (Phi) is 5.53. The number of hydrogen-bond donors (Lipinski definition) is 2. The normalized spacial score (nSPS) is 20.9. The van der Waals surface area contributed by atoms with Crippen molar-refractivity contribution in [1.82, 2.24) is 18.8 Å². The van der Waals surface area contributed by atoms with Crippen molar-refractivity contribution >= 4 is 16.3 Å². The van der Waals surface area contributed by atoms with E-state index in [-0.39, 0.29) is 6.04 Å². The summed E-state index contributed by atoms with van der Waals surface area (Å²) in [7, 11) is 1.09. The molecule has 1 fully saturated rings. The second kappa shape index (κ2) is 6.51. The van der Waals surface area contributed by atoms with Gasteiger partial charge in [-0.1, -0.05) is 0 Å². The summed E-state index contributed by atoms with van der Waals surface area (Å²) in [6, 6.07) is -0.109. The quantitative estimate of drug-likeness (QED) is 0.660. The molecule has 9 heteroatoms. The van der Waals surface area contributed by atoms with E-state index in [4.69, 9.17) is 5.11 Å². The molecule has 2 N–H and O–H groups in total. The predicted molar refractivity (Wildman–Crippen MR) is 71.2 cm³/mol. The maximum absolute atomic E-state index is 11.7. The molecule has 0 aromatic rings.